The number of fused-ring (bicyclic) bond motifs is 1. The van der Waals surface area contributed by atoms with Gasteiger partial charge in [0.05, 0.1) is 23.7 Å². The molecule has 1 aromatic heterocycles. The van der Waals surface area contributed by atoms with Crippen molar-refractivity contribution < 1.29 is 18.7 Å². The molecular formula is C18H14FN3O5. The molecule has 138 valence electrons. The number of amides is 1. The number of nitrogens with zero attached hydrogens (tertiary/aromatic N) is 1. The average molecular weight is 371 g/mol. The molecule has 3 rings (SSSR count). The number of carbonyl (C=O) groups excluding carboxylic acids is 2. The number of H-pyrrole nitrogens is 1. The molecule has 1 heterocycles. The zero-order valence-corrected chi connectivity index (χ0v) is 14.1. The number of hydrogen-bond acceptors (Lipinski definition) is 5. The predicted molar refractivity (Wildman–Crippen MR) is 95.2 cm³/mol. The van der Waals surface area contributed by atoms with E-state index in [1.54, 1.807) is 12.1 Å². The van der Waals surface area contributed by atoms with Crippen LogP contribution in [0.1, 0.15) is 10.4 Å². The van der Waals surface area contributed by atoms with Crippen LogP contribution in [-0.2, 0) is 16.1 Å². The molecule has 0 bridgehead atoms. The number of nitrogens with one attached hydrogen (secondary N) is 2. The summed E-state index contributed by atoms with van der Waals surface area (Å²) in [6, 6.07) is 9.52. The molecule has 8 nitrogen and oxygen atoms in total. The number of anilines is 1. The molecule has 3 aromatic rings. The average Bonchev–Trinajstić information content (AvgIpc) is 2.64. The monoisotopic (exact) mass is 371 g/mol. The molecule has 0 saturated heterocycles. The van der Waals surface area contributed by atoms with E-state index in [9.17, 15) is 23.6 Å². The topological polar surface area (TPSA) is 110 Å². The van der Waals surface area contributed by atoms with Crippen LogP contribution in [0.2, 0.25) is 0 Å². The molecule has 0 fully saturated rings. The fourth-order valence-corrected chi connectivity index (χ4v) is 2.59. The van der Waals surface area contributed by atoms with E-state index >= 15 is 0 Å². The summed E-state index contributed by atoms with van der Waals surface area (Å²) in [6.45, 7) is -0.465. The van der Waals surface area contributed by atoms with Gasteiger partial charge in [0.25, 0.3) is 0 Å². The van der Waals surface area contributed by atoms with Crippen molar-refractivity contribution in [3.8, 4) is 0 Å². The van der Waals surface area contributed by atoms with Crippen LogP contribution >= 0.6 is 0 Å². The first kappa shape index (κ1) is 18.1. The number of esters is 1. The standard InChI is InChI=1S/C18H14FN3O5/c1-27-18(26)10-3-2-4-12(7-10)20-15(23)9-22-14-6-5-11(19)8-13(14)21-16(24)17(22)25/h2-8H,9H2,1H3,(H,20,23)(H,21,24). The van der Waals surface area contributed by atoms with Gasteiger partial charge in [-0.2, -0.15) is 0 Å². The van der Waals surface area contributed by atoms with Gasteiger partial charge >= 0.3 is 17.1 Å². The first-order valence-corrected chi connectivity index (χ1v) is 7.79. The van der Waals surface area contributed by atoms with Crippen LogP contribution < -0.4 is 16.4 Å². The third-order valence-electron chi connectivity index (χ3n) is 3.81. The highest BCUT2D eigenvalue weighted by molar-refractivity contribution is 5.94. The summed E-state index contributed by atoms with van der Waals surface area (Å²) >= 11 is 0. The van der Waals surface area contributed by atoms with Gasteiger partial charge in [0.1, 0.15) is 12.4 Å². The van der Waals surface area contributed by atoms with Gasteiger partial charge in [0.15, 0.2) is 0 Å². The van der Waals surface area contributed by atoms with Crippen LogP contribution in [0.5, 0.6) is 0 Å². The normalized spacial score (nSPS) is 10.6. The van der Waals surface area contributed by atoms with Crippen LogP contribution in [0.3, 0.4) is 0 Å². The van der Waals surface area contributed by atoms with Crippen molar-refractivity contribution in [3.05, 3.63) is 74.6 Å². The first-order chi connectivity index (χ1) is 12.9. The number of methoxy groups -OCH3 is 1. The molecule has 0 spiro atoms. The Labute approximate surface area is 151 Å². The van der Waals surface area contributed by atoms with Gasteiger partial charge in [-0.25, -0.2) is 9.18 Å². The highest BCUT2D eigenvalue weighted by atomic mass is 19.1. The van der Waals surface area contributed by atoms with Gasteiger partial charge in [0.2, 0.25) is 5.91 Å². The van der Waals surface area contributed by atoms with Crippen molar-refractivity contribution in [3.63, 3.8) is 0 Å². The van der Waals surface area contributed by atoms with Crippen molar-refractivity contribution in [2.75, 3.05) is 12.4 Å². The lowest BCUT2D eigenvalue weighted by molar-refractivity contribution is -0.116. The van der Waals surface area contributed by atoms with Crippen LogP contribution in [-0.4, -0.2) is 28.5 Å². The fourth-order valence-electron chi connectivity index (χ4n) is 2.59. The lowest BCUT2D eigenvalue weighted by atomic mass is 10.2. The van der Waals surface area contributed by atoms with Gasteiger partial charge in [-0.15, -0.1) is 0 Å². The maximum Gasteiger partial charge on any atom is 0.337 e. The Hall–Kier alpha value is -3.75. The number of benzene rings is 2. The van der Waals surface area contributed by atoms with Crippen molar-refractivity contribution in [1.82, 2.24) is 9.55 Å². The minimum Gasteiger partial charge on any atom is -0.465 e. The smallest absolute Gasteiger partial charge is 0.337 e. The van der Waals surface area contributed by atoms with Crippen LogP contribution in [0.25, 0.3) is 11.0 Å². The number of halogens is 1. The van der Waals surface area contributed by atoms with E-state index in [1.165, 1.54) is 25.3 Å². The fraction of sp³-hybridized carbons (Fsp3) is 0.111. The van der Waals surface area contributed by atoms with E-state index < -0.39 is 35.4 Å². The summed E-state index contributed by atoms with van der Waals surface area (Å²) in [5.74, 6) is -1.76. The SMILES string of the molecule is COC(=O)c1cccc(NC(=O)Cn2c(=O)c(=O)[nH]c3cc(F)ccc32)c1. The largest absolute Gasteiger partial charge is 0.465 e. The summed E-state index contributed by atoms with van der Waals surface area (Å²) < 4.78 is 18.9. The van der Waals surface area contributed by atoms with Crippen LogP contribution in [0, 0.1) is 5.82 Å². The van der Waals surface area contributed by atoms with Crippen molar-refractivity contribution in [2.24, 2.45) is 0 Å². The molecule has 0 aliphatic carbocycles. The van der Waals surface area contributed by atoms with Crippen LogP contribution in [0.15, 0.2) is 52.1 Å². The lowest BCUT2D eigenvalue weighted by Gasteiger charge is -2.11. The highest BCUT2D eigenvalue weighted by Gasteiger charge is 2.13. The van der Waals surface area contributed by atoms with Gasteiger partial charge in [-0.1, -0.05) is 6.07 Å². The Morgan fingerprint density at radius 2 is 1.96 bits per heavy atom. The number of aromatic nitrogens is 2. The Morgan fingerprint density at radius 1 is 1.19 bits per heavy atom. The maximum atomic E-state index is 13.4. The molecule has 0 aliphatic rings. The number of rotatable bonds is 4. The van der Waals surface area contributed by atoms with E-state index in [0.29, 0.717) is 5.69 Å². The lowest BCUT2D eigenvalue weighted by Crippen LogP contribution is -2.38. The summed E-state index contributed by atoms with van der Waals surface area (Å²) in [6.07, 6.45) is 0. The van der Waals surface area contributed by atoms with E-state index in [1.807, 2.05) is 0 Å². The Bertz CT molecular complexity index is 1170. The quantitative estimate of drug-likeness (QED) is 0.530. The number of hydrogen-bond donors (Lipinski definition) is 2. The second-order valence-corrected chi connectivity index (χ2v) is 5.63. The van der Waals surface area contributed by atoms with Crippen molar-refractivity contribution in [1.29, 1.82) is 0 Å². The van der Waals surface area contributed by atoms with Crippen LogP contribution in [0.4, 0.5) is 10.1 Å². The molecule has 0 atom stereocenters. The van der Waals surface area contributed by atoms with E-state index in [-0.39, 0.29) is 16.6 Å². The van der Waals surface area contributed by atoms with Gasteiger partial charge in [0, 0.05) is 5.69 Å². The molecule has 27 heavy (non-hydrogen) atoms. The molecule has 2 N–H and O–H groups in total. The molecule has 1 amide bonds. The van der Waals surface area contributed by atoms with E-state index in [4.69, 9.17) is 0 Å². The maximum absolute atomic E-state index is 13.4. The third-order valence-corrected chi connectivity index (χ3v) is 3.81. The minimum atomic E-state index is -0.964. The second-order valence-electron chi connectivity index (χ2n) is 5.63. The zero-order valence-electron chi connectivity index (χ0n) is 14.1. The van der Waals surface area contributed by atoms with Gasteiger partial charge in [-0.05, 0) is 36.4 Å². The molecule has 0 aliphatic heterocycles. The molecule has 0 radical (unpaired) electrons. The van der Waals surface area contributed by atoms with E-state index in [2.05, 4.69) is 15.0 Å². The summed E-state index contributed by atoms with van der Waals surface area (Å²) in [5.41, 5.74) is -1.04. The molecule has 0 saturated carbocycles. The first-order valence-electron chi connectivity index (χ1n) is 7.79. The van der Waals surface area contributed by atoms with Crippen molar-refractivity contribution >= 4 is 28.6 Å². The van der Waals surface area contributed by atoms with Gasteiger partial charge < -0.3 is 15.0 Å². The zero-order chi connectivity index (χ0) is 19.6. The summed E-state index contributed by atoms with van der Waals surface area (Å²) in [4.78, 5) is 50.0. The second kappa shape index (κ2) is 7.24. The molecular weight excluding hydrogens is 357 g/mol. The minimum absolute atomic E-state index is 0.0973. The third kappa shape index (κ3) is 3.76. The summed E-state index contributed by atoms with van der Waals surface area (Å²) in [7, 11) is 1.24. The Balaban J connectivity index is 1.91. The predicted octanol–water partition coefficient (Wildman–Crippen LogP) is 1.25. The summed E-state index contributed by atoms with van der Waals surface area (Å²) in [5, 5.41) is 2.54. The highest BCUT2D eigenvalue weighted by Crippen LogP contribution is 2.13. The molecule has 0 unspecified atom stereocenters. The van der Waals surface area contributed by atoms with Crippen molar-refractivity contribution in [2.45, 2.75) is 6.54 Å². The van der Waals surface area contributed by atoms with E-state index in [0.717, 1.165) is 16.7 Å². The Kier molecular flexibility index (Phi) is 4.84. The molecule has 9 heteroatoms. The number of ether oxygens (including phenoxy) is 1. The number of carbonyl (C=O) groups is 2. The van der Waals surface area contributed by atoms with Gasteiger partial charge in [-0.3, -0.25) is 19.0 Å². The molecule has 2 aromatic carbocycles. The Morgan fingerprint density at radius 3 is 2.70 bits per heavy atom. The number of aromatic amines is 1.